The molecular weight excluding hydrogens is 336 g/mol. The van der Waals surface area contributed by atoms with Crippen LogP contribution in [0.25, 0.3) is 0 Å². The van der Waals surface area contributed by atoms with E-state index >= 15 is 0 Å². The topological polar surface area (TPSA) is 53.5 Å². The number of hydrogen-bond donors (Lipinski definition) is 3. The fraction of sp³-hybridized carbons (Fsp3) is 0.478. The molecule has 4 heteroatoms. The van der Waals surface area contributed by atoms with Crippen LogP contribution >= 0.6 is 0 Å². The van der Waals surface area contributed by atoms with Gasteiger partial charge in [-0.25, -0.2) is 0 Å². The fourth-order valence-electron chi connectivity index (χ4n) is 4.16. The van der Waals surface area contributed by atoms with Crippen LogP contribution in [0.15, 0.2) is 48.5 Å². The van der Waals surface area contributed by atoms with Crippen molar-refractivity contribution in [3.05, 3.63) is 65.2 Å². The lowest BCUT2D eigenvalue weighted by molar-refractivity contribution is 0.243. The second kappa shape index (κ2) is 9.88. The lowest BCUT2D eigenvalue weighted by Crippen LogP contribution is -2.38. The number of aliphatic hydroxyl groups is 1. The van der Waals surface area contributed by atoms with Crippen molar-refractivity contribution >= 4 is 0 Å². The van der Waals surface area contributed by atoms with Crippen LogP contribution in [-0.2, 0) is 13.0 Å². The van der Waals surface area contributed by atoms with Crippen molar-refractivity contribution in [2.45, 2.75) is 44.8 Å². The number of methoxy groups -OCH3 is 1. The number of ether oxygens (including phenoxy) is 1. The summed E-state index contributed by atoms with van der Waals surface area (Å²) in [6.07, 6.45) is 3.03. The molecule has 2 aromatic rings. The molecule has 2 aromatic carbocycles. The highest BCUT2D eigenvalue weighted by atomic mass is 16.5. The molecule has 0 aliphatic carbocycles. The molecule has 0 saturated carbocycles. The Morgan fingerprint density at radius 2 is 2.00 bits per heavy atom. The third kappa shape index (κ3) is 4.89. The fourth-order valence-corrected chi connectivity index (χ4v) is 4.16. The highest BCUT2D eigenvalue weighted by Crippen LogP contribution is 2.30. The minimum Gasteiger partial charge on any atom is -0.496 e. The molecule has 1 aliphatic rings. The van der Waals surface area contributed by atoms with E-state index in [9.17, 15) is 5.11 Å². The predicted octanol–water partition coefficient (Wildman–Crippen LogP) is 3.45. The molecule has 3 atom stereocenters. The Hall–Kier alpha value is -1.88. The SMILES string of the molecule is CCCc1ccc(OC)c(CNC2C(CCO)CNC2c2ccccc2)c1. The molecule has 3 rings (SSSR count). The average molecular weight is 369 g/mol. The summed E-state index contributed by atoms with van der Waals surface area (Å²) in [7, 11) is 1.73. The highest BCUT2D eigenvalue weighted by molar-refractivity contribution is 5.37. The molecular formula is C23H32N2O2. The largest absolute Gasteiger partial charge is 0.496 e. The number of nitrogens with one attached hydrogen (secondary N) is 2. The van der Waals surface area contributed by atoms with Gasteiger partial charge in [0.25, 0.3) is 0 Å². The van der Waals surface area contributed by atoms with Gasteiger partial charge in [-0.15, -0.1) is 0 Å². The summed E-state index contributed by atoms with van der Waals surface area (Å²) in [4.78, 5) is 0. The molecule has 1 aliphatic heterocycles. The Morgan fingerprint density at radius 3 is 2.70 bits per heavy atom. The first kappa shape index (κ1) is 19.9. The Labute approximate surface area is 163 Å². The standard InChI is InChI=1S/C23H32N2O2/c1-3-7-17-10-11-21(27-2)20(14-17)16-25-23-19(12-13-26)15-24-22(23)18-8-5-4-6-9-18/h4-6,8-11,14,19,22-26H,3,7,12-13,15-16H2,1-2H3. The number of benzene rings is 2. The summed E-state index contributed by atoms with van der Waals surface area (Å²) in [6, 6.07) is 17.6. The molecule has 3 N–H and O–H groups in total. The van der Waals surface area contributed by atoms with E-state index in [-0.39, 0.29) is 18.7 Å². The normalized spacial score (nSPS) is 22.1. The second-order valence-electron chi connectivity index (χ2n) is 7.37. The molecule has 4 nitrogen and oxygen atoms in total. The highest BCUT2D eigenvalue weighted by Gasteiger charge is 2.35. The van der Waals surface area contributed by atoms with Crippen molar-refractivity contribution in [2.75, 3.05) is 20.3 Å². The molecule has 0 amide bonds. The van der Waals surface area contributed by atoms with Crippen LogP contribution in [0.5, 0.6) is 5.75 Å². The maximum absolute atomic E-state index is 9.49. The Kier molecular flexibility index (Phi) is 7.27. The van der Waals surface area contributed by atoms with Gasteiger partial charge in [-0.05, 0) is 36.0 Å². The smallest absolute Gasteiger partial charge is 0.123 e. The van der Waals surface area contributed by atoms with Gasteiger partial charge in [-0.3, -0.25) is 0 Å². The summed E-state index contributed by atoms with van der Waals surface area (Å²) < 4.78 is 5.58. The maximum Gasteiger partial charge on any atom is 0.123 e. The van der Waals surface area contributed by atoms with E-state index in [4.69, 9.17) is 4.74 Å². The van der Waals surface area contributed by atoms with Crippen LogP contribution in [0.4, 0.5) is 0 Å². The van der Waals surface area contributed by atoms with E-state index < -0.39 is 0 Å². The molecule has 0 spiro atoms. The molecule has 0 radical (unpaired) electrons. The zero-order valence-corrected chi connectivity index (χ0v) is 16.4. The Balaban J connectivity index is 1.77. The number of rotatable bonds is 9. The van der Waals surface area contributed by atoms with Gasteiger partial charge in [0.05, 0.1) is 7.11 Å². The monoisotopic (exact) mass is 368 g/mol. The summed E-state index contributed by atoms with van der Waals surface area (Å²) in [5, 5.41) is 16.9. The van der Waals surface area contributed by atoms with Crippen LogP contribution in [0.1, 0.15) is 42.5 Å². The first-order valence-electron chi connectivity index (χ1n) is 10.0. The third-order valence-corrected chi connectivity index (χ3v) is 5.54. The van der Waals surface area contributed by atoms with E-state index in [0.717, 1.165) is 38.1 Å². The molecule has 1 fully saturated rings. The predicted molar refractivity (Wildman–Crippen MR) is 110 cm³/mol. The molecule has 3 unspecified atom stereocenters. The minimum atomic E-state index is 0.224. The van der Waals surface area contributed by atoms with Crippen LogP contribution in [0, 0.1) is 5.92 Å². The lowest BCUT2D eigenvalue weighted by Gasteiger charge is -2.26. The van der Waals surface area contributed by atoms with Gasteiger partial charge >= 0.3 is 0 Å². The minimum absolute atomic E-state index is 0.224. The molecule has 1 heterocycles. The van der Waals surface area contributed by atoms with Gasteiger partial charge in [-0.1, -0.05) is 55.8 Å². The van der Waals surface area contributed by atoms with Crippen LogP contribution in [-0.4, -0.2) is 31.4 Å². The van der Waals surface area contributed by atoms with E-state index in [1.807, 2.05) is 0 Å². The summed E-state index contributed by atoms with van der Waals surface area (Å²) in [6.45, 7) is 4.11. The summed E-state index contributed by atoms with van der Waals surface area (Å²) >= 11 is 0. The van der Waals surface area contributed by atoms with E-state index in [1.165, 1.54) is 16.7 Å². The zero-order chi connectivity index (χ0) is 19.1. The van der Waals surface area contributed by atoms with Gasteiger partial charge in [0, 0.05) is 37.3 Å². The summed E-state index contributed by atoms with van der Waals surface area (Å²) in [5.41, 5.74) is 3.85. The van der Waals surface area contributed by atoms with Crippen molar-refractivity contribution < 1.29 is 9.84 Å². The number of aryl methyl sites for hydroxylation is 1. The van der Waals surface area contributed by atoms with Gasteiger partial charge in [-0.2, -0.15) is 0 Å². The van der Waals surface area contributed by atoms with E-state index in [0.29, 0.717) is 5.92 Å². The van der Waals surface area contributed by atoms with Gasteiger partial charge in [0.1, 0.15) is 5.75 Å². The van der Waals surface area contributed by atoms with Crippen LogP contribution < -0.4 is 15.4 Å². The zero-order valence-electron chi connectivity index (χ0n) is 16.4. The molecule has 0 aromatic heterocycles. The Bertz CT molecular complexity index is 705. The van der Waals surface area contributed by atoms with Gasteiger partial charge in [0.2, 0.25) is 0 Å². The van der Waals surface area contributed by atoms with E-state index in [2.05, 4.69) is 66.1 Å². The first-order valence-corrected chi connectivity index (χ1v) is 10.0. The Morgan fingerprint density at radius 1 is 1.19 bits per heavy atom. The van der Waals surface area contributed by atoms with Crippen molar-refractivity contribution in [3.63, 3.8) is 0 Å². The van der Waals surface area contributed by atoms with Crippen LogP contribution in [0.3, 0.4) is 0 Å². The van der Waals surface area contributed by atoms with Gasteiger partial charge in [0.15, 0.2) is 0 Å². The third-order valence-electron chi connectivity index (χ3n) is 5.54. The van der Waals surface area contributed by atoms with Crippen molar-refractivity contribution in [2.24, 2.45) is 5.92 Å². The van der Waals surface area contributed by atoms with Crippen molar-refractivity contribution in [3.8, 4) is 5.75 Å². The summed E-state index contributed by atoms with van der Waals surface area (Å²) in [5.74, 6) is 1.34. The van der Waals surface area contributed by atoms with Crippen molar-refractivity contribution in [1.29, 1.82) is 0 Å². The van der Waals surface area contributed by atoms with Gasteiger partial charge < -0.3 is 20.5 Å². The van der Waals surface area contributed by atoms with Crippen molar-refractivity contribution in [1.82, 2.24) is 10.6 Å². The van der Waals surface area contributed by atoms with Crippen LogP contribution in [0.2, 0.25) is 0 Å². The van der Waals surface area contributed by atoms with E-state index in [1.54, 1.807) is 7.11 Å². The molecule has 27 heavy (non-hydrogen) atoms. The molecule has 0 bridgehead atoms. The maximum atomic E-state index is 9.49. The average Bonchev–Trinajstić information content (AvgIpc) is 3.10. The quantitative estimate of drug-likeness (QED) is 0.635. The number of hydrogen-bond acceptors (Lipinski definition) is 4. The molecule has 146 valence electrons. The first-order chi connectivity index (χ1) is 13.3. The molecule has 1 saturated heterocycles. The number of aliphatic hydroxyl groups excluding tert-OH is 1. The lowest BCUT2D eigenvalue weighted by atomic mass is 9.91. The second-order valence-corrected chi connectivity index (χ2v) is 7.37.